The van der Waals surface area contributed by atoms with E-state index in [1.54, 1.807) is 0 Å². The van der Waals surface area contributed by atoms with Crippen molar-refractivity contribution in [3.63, 3.8) is 0 Å². The van der Waals surface area contributed by atoms with Gasteiger partial charge in [-0.05, 0) is 65.1 Å². The number of hydrogen-bond acceptors (Lipinski definition) is 4. The summed E-state index contributed by atoms with van der Waals surface area (Å²) in [7, 11) is 0. The molecule has 1 saturated heterocycles. The Morgan fingerprint density at radius 1 is 1.31 bits per heavy atom. The van der Waals surface area contributed by atoms with Crippen LogP contribution in [0.4, 0.5) is 4.79 Å². The minimum absolute atomic E-state index is 0.207. The first-order chi connectivity index (χ1) is 12.3. The number of piperidine rings is 1. The molecule has 1 amide bonds. The third-order valence-electron chi connectivity index (χ3n) is 4.38. The van der Waals surface area contributed by atoms with Gasteiger partial charge in [0.1, 0.15) is 11.4 Å². The van der Waals surface area contributed by atoms with E-state index in [9.17, 15) is 4.79 Å². The van der Waals surface area contributed by atoms with Crippen molar-refractivity contribution in [2.45, 2.75) is 52.7 Å². The van der Waals surface area contributed by atoms with Gasteiger partial charge in [0.2, 0.25) is 0 Å². The van der Waals surface area contributed by atoms with Crippen molar-refractivity contribution in [3.8, 4) is 5.75 Å². The van der Waals surface area contributed by atoms with Crippen molar-refractivity contribution in [2.24, 2.45) is 5.92 Å². The molecular weight excluding hydrogens is 352 g/mol. The topological polar surface area (TPSA) is 50.8 Å². The molecule has 1 aliphatic heterocycles. The Kier molecular flexibility index (Phi) is 7.59. The van der Waals surface area contributed by atoms with E-state index in [1.807, 2.05) is 50.8 Å². The molecule has 6 heteroatoms. The highest BCUT2D eigenvalue weighted by atomic mass is 35.5. The van der Waals surface area contributed by atoms with E-state index in [2.05, 4.69) is 5.32 Å². The van der Waals surface area contributed by atoms with E-state index in [4.69, 9.17) is 21.1 Å². The molecule has 146 valence electrons. The van der Waals surface area contributed by atoms with Gasteiger partial charge >= 0.3 is 6.09 Å². The molecular formula is C20H31ClN2O3. The maximum absolute atomic E-state index is 12.1. The van der Waals surface area contributed by atoms with Crippen LogP contribution in [0.5, 0.6) is 5.75 Å². The molecule has 1 aliphatic rings. The number of amides is 1. The van der Waals surface area contributed by atoms with Crippen LogP contribution in [-0.2, 0) is 11.3 Å². The van der Waals surface area contributed by atoms with Gasteiger partial charge < -0.3 is 19.7 Å². The van der Waals surface area contributed by atoms with Crippen molar-refractivity contribution in [1.29, 1.82) is 0 Å². The van der Waals surface area contributed by atoms with Crippen LogP contribution >= 0.6 is 11.6 Å². The fourth-order valence-electron chi connectivity index (χ4n) is 3.05. The SMILES string of the molecule is CCOc1cccc(Cl)c1CNCC1CCN(C(=O)OC(C)(C)C)CC1. The monoisotopic (exact) mass is 382 g/mol. The number of nitrogens with one attached hydrogen (secondary N) is 1. The average Bonchev–Trinajstić information content (AvgIpc) is 2.56. The van der Waals surface area contributed by atoms with Gasteiger partial charge in [0.05, 0.1) is 6.61 Å². The van der Waals surface area contributed by atoms with Gasteiger partial charge in [0.15, 0.2) is 0 Å². The van der Waals surface area contributed by atoms with Gasteiger partial charge in [-0.1, -0.05) is 17.7 Å². The van der Waals surface area contributed by atoms with Gasteiger partial charge in [-0.3, -0.25) is 0 Å². The number of ether oxygens (including phenoxy) is 2. The summed E-state index contributed by atoms with van der Waals surface area (Å²) < 4.78 is 11.1. The molecule has 1 aromatic rings. The Balaban J connectivity index is 1.77. The fraction of sp³-hybridized carbons (Fsp3) is 0.650. The highest BCUT2D eigenvalue weighted by molar-refractivity contribution is 6.31. The first-order valence-corrected chi connectivity index (χ1v) is 9.76. The zero-order chi connectivity index (χ0) is 19.2. The van der Waals surface area contributed by atoms with Crippen LogP contribution in [0.15, 0.2) is 18.2 Å². The molecule has 0 bridgehead atoms. The highest BCUT2D eigenvalue weighted by Crippen LogP contribution is 2.26. The van der Waals surface area contributed by atoms with Crippen molar-refractivity contribution in [1.82, 2.24) is 10.2 Å². The molecule has 1 heterocycles. The number of likely N-dealkylation sites (tertiary alicyclic amines) is 1. The molecule has 0 saturated carbocycles. The van der Waals surface area contributed by atoms with Gasteiger partial charge in [-0.2, -0.15) is 0 Å². The van der Waals surface area contributed by atoms with Crippen LogP contribution in [0.2, 0.25) is 5.02 Å². The lowest BCUT2D eigenvalue weighted by Crippen LogP contribution is -2.43. The van der Waals surface area contributed by atoms with E-state index >= 15 is 0 Å². The standard InChI is InChI=1S/C20H31ClN2O3/c1-5-25-18-8-6-7-17(21)16(18)14-22-13-15-9-11-23(12-10-15)19(24)26-20(2,3)4/h6-8,15,22H,5,9-14H2,1-4H3. The summed E-state index contributed by atoms with van der Waals surface area (Å²) in [6, 6.07) is 5.75. The molecule has 2 rings (SSSR count). The number of carbonyl (C=O) groups excluding carboxylic acids is 1. The van der Waals surface area contributed by atoms with Crippen molar-refractivity contribution < 1.29 is 14.3 Å². The highest BCUT2D eigenvalue weighted by Gasteiger charge is 2.26. The zero-order valence-corrected chi connectivity index (χ0v) is 17.1. The lowest BCUT2D eigenvalue weighted by atomic mass is 9.97. The predicted molar refractivity (Wildman–Crippen MR) is 105 cm³/mol. The molecule has 0 aromatic heterocycles. The van der Waals surface area contributed by atoms with E-state index in [-0.39, 0.29) is 6.09 Å². The summed E-state index contributed by atoms with van der Waals surface area (Å²) in [5.41, 5.74) is 0.560. The van der Waals surface area contributed by atoms with Gasteiger partial charge in [-0.25, -0.2) is 4.79 Å². The van der Waals surface area contributed by atoms with Crippen LogP contribution in [0.25, 0.3) is 0 Å². The summed E-state index contributed by atoms with van der Waals surface area (Å²) in [6.45, 7) is 11.4. The molecule has 0 unspecified atom stereocenters. The first kappa shape index (κ1) is 20.8. The molecule has 1 N–H and O–H groups in total. The number of hydrogen-bond donors (Lipinski definition) is 1. The Bertz CT molecular complexity index is 593. The van der Waals surface area contributed by atoms with Crippen LogP contribution in [0.1, 0.15) is 46.1 Å². The fourth-order valence-corrected chi connectivity index (χ4v) is 3.28. The molecule has 0 aliphatic carbocycles. The van der Waals surface area contributed by atoms with E-state index in [1.165, 1.54) is 0 Å². The third kappa shape index (κ3) is 6.36. The lowest BCUT2D eigenvalue weighted by molar-refractivity contribution is 0.0184. The molecule has 5 nitrogen and oxygen atoms in total. The number of rotatable bonds is 6. The van der Waals surface area contributed by atoms with Crippen LogP contribution < -0.4 is 10.1 Å². The second-order valence-corrected chi connectivity index (χ2v) is 8.10. The number of nitrogens with zero attached hydrogens (tertiary/aromatic N) is 1. The zero-order valence-electron chi connectivity index (χ0n) is 16.3. The normalized spacial score (nSPS) is 15.8. The van der Waals surface area contributed by atoms with Crippen LogP contribution in [0, 0.1) is 5.92 Å². The molecule has 1 fully saturated rings. The van der Waals surface area contributed by atoms with Gasteiger partial charge in [0, 0.05) is 30.2 Å². The number of carbonyl (C=O) groups is 1. The average molecular weight is 383 g/mol. The summed E-state index contributed by atoms with van der Waals surface area (Å²) in [5, 5.41) is 4.22. The van der Waals surface area contributed by atoms with Crippen LogP contribution in [0.3, 0.4) is 0 Å². The molecule has 0 atom stereocenters. The van der Waals surface area contributed by atoms with E-state index in [0.29, 0.717) is 19.1 Å². The van der Waals surface area contributed by atoms with E-state index < -0.39 is 5.60 Å². The quantitative estimate of drug-likeness (QED) is 0.788. The van der Waals surface area contributed by atoms with Crippen molar-refractivity contribution in [2.75, 3.05) is 26.2 Å². The van der Waals surface area contributed by atoms with Gasteiger partial charge in [0.25, 0.3) is 0 Å². The Morgan fingerprint density at radius 2 is 2.00 bits per heavy atom. The Morgan fingerprint density at radius 3 is 2.62 bits per heavy atom. The maximum atomic E-state index is 12.1. The maximum Gasteiger partial charge on any atom is 0.410 e. The van der Waals surface area contributed by atoms with Crippen LogP contribution in [-0.4, -0.2) is 42.8 Å². The first-order valence-electron chi connectivity index (χ1n) is 9.39. The smallest absolute Gasteiger partial charge is 0.410 e. The second kappa shape index (κ2) is 9.47. The Hall–Kier alpha value is -1.46. The Labute approximate surface area is 162 Å². The summed E-state index contributed by atoms with van der Waals surface area (Å²) in [5.74, 6) is 1.39. The largest absolute Gasteiger partial charge is 0.493 e. The third-order valence-corrected chi connectivity index (χ3v) is 4.73. The number of halogens is 1. The van der Waals surface area contributed by atoms with E-state index in [0.717, 1.165) is 48.8 Å². The number of benzene rings is 1. The van der Waals surface area contributed by atoms with Crippen molar-refractivity contribution >= 4 is 17.7 Å². The molecule has 0 radical (unpaired) electrons. The minimum atomic E-state index is -0.442. The summed E-state index contributed by atoms with van der Waals surface area (Å²) >= 11 is 6.32. The molecule has 0 spiro atoms. The predicted octanol–water partition coefficient (Wildman–Crippen LogP) is 4.48. The lowest BCUT2D eigenvalue weighted by Gasteiger charge is -2.33. The summed E-state index contributed by atoms with van der Waals surface area (Å²) in [6.07, 6.45) is 1.75. The molecule has 26 heavy (non-hydrogen) atoms. The van der Waals surface area contributed by atoms with Crippen molar-refractivity contribution in [3.05, 3.63) is 28.8 Å². The summed E-state index contributed by atoms with van der Waals surface area (Å²) in [4.78, 5) is 13.9. The molecule has 1 aromatic carbocycles. The van der Waals surface area contributed by atoms with Gasteiger partial charge in [-0.15, -0.1) is 0 Å². The minimum Gasteiger partial charge on any atom is -0.493 e. The second-order valence-electron chi connectivity index (χ2n) is 7.69.